The third-order valence-electron chi connectivity index (χ3n) is 2.71. The van der Waals surface area contributed by atoms with Crippen LogP contribution in [0, 0.1) is 5.92 Å². The van der Waals surface area contributed by atoms with E-state index in [9.17, 15) is 18.0 Å². The second kappa shape index (κ2) is 4.09. The molecule has 6 nitrogen and oxygen atoms in total. The van der Waals surface area contributed by atoms with E-state index in [1.807, 2.05) is 0 Å². The van der Waals surface area contributed by atoms with Gasteiger partial charge in [0.1, 0.15) is 0 Å². The Labute approximate surface area is 104 Å². The molecule has 1 saturated heterocycles. The minimum Gasteiger partial charge on any atom is -0.478 e. The molecular weight excluding hydrogens is 258 g/mol. The van der Waals surface area contributed by atoms with E-state index in [-0.39, 0.29) is 17.0 Å². The second-order valence-electron chi connectivity index (χ2n) is 4.13. The first-order valence-electron chi connectivity index (χ1n) is 5.23. The van der Waals surface area contributed by atoms with Gasteiger partial charge in [-0.3, -0.25) is 4.79 Å². The number of aromatic carboxylic acids is 1. The first kappa shape index (κ1) is 12.6. The standard InChI is InChI=1S/C11H11NO5S/c1-7-6-18(16,17)12(10(7)13)9-4-2-8(3-5-9)11(14)15/h2-5,7H,6H2,1H3,(H,14,15). The van der Waals surface area contributed by atoms with E-state index in [4.69, 9.17) is 5.11 Å². The van der Waals surface area contributed by atoms with Crippen molar-refractivity contribution in [2.24, 2.45) is 5.92 Å². The Morgan fingerprint density at radius 2 is 1.89 bits per heavy atom. The largest absolute Gasteiger partial charge is 0.478 e. The maximum Gasteiger partial charge on any atom is 0.335 e. The molecule has 7 heteroatoms. The molecule has 2 rings (SSSR count). The van der Waals surface area contributed by atoms with E-state index in [2.05, 4.69) is 0 Å². The van der Waals surface area contributed by atoms with Crippen LogP contribution >= 0.6 is 0 Å². The van der Waals surface area contributed by atoms with Crippen LogP contribution in [0.5, 0.6) is 0 Å². The van der Waals surface area contributed by atoms with Crippen molar-refractivity contribution in [1.82, 2.24) is 0 Å². The highest BCUT2D eigenvalue weighted by Gasteiger charge is 2.41. The first-order chi connectivity index (χ1) is 8.33. The van der Waals surface area contributed by atoms with Gasteiger partial charge < -0.3 is 5.11 Å². The van der Waals surface area contributed by atoms with Gasteiger partial charge in [0.05, 0.1) is 22.9 Å². The Hall–Kier alpha value is -1.89. The predicted molar refractivity (Wildman–Crippen MR) is 63.8 cm³/mol. The number of carbonyl (C=O) groups is 2. The SMILES string of the molecule is CC1CS(=O)(=O)N(c2ccc(C(=O)O)cc2)C1=O. The minimum atomic E-state index is -3.64. The minimum absolute atomic E-state index is 0.0378. The number of rotatable bonds is 2. The van der Waals surface area contributed by atoms with Crippen molar-refractivity contribution in [3.8, 4) is 0 Å². The van der Waals surface area contributed by atoms with Crippen LogP contribution in [0.4, 0.5) is 5.69 Å². The fraction of sp³-hybridized carbons (Fsp3) is 0.273. The van der Waals surface area contributed by atoms with Crippen molar-refractivity contribution >= 4 is 27.6 Å². The molecule has 0 saturated carbocycles. The zero-order chi connectivity index (χ0) is 13.5. The summed E-state index contributed by atoms with van der Waals surface area (Å²) >= 11 is 0. The van der Waals surface area contributed by atoms with Gasteiger partial charge >= 0.3 is 5.97 Å². The summed E-state index contributed by atoms with van der Waals surface area (Å²) in [6, 6.07) is 5.17. The third kappa shape index (κ3) is 1.97. The van der Waals surface area contributed by atoms with Gasteiger partial charge in [-0.05, 0) is 24.3 Å². The van der Waals surface area contributed by atoms with E-state index >= 15 is 0 Å². The van der Waals surface area contributed by atoms with Crippen molar-refractivity contribution in [3.63, 3.8) is 0 Å². The molecule has 1 atom stereocenters. The zero-order valence-electron chi connectivity index (χ0n) is 9.53. The summed E-state index contributed by atoms with van der Waals surface area (Å²) in [6.07, 6.45) is 0. The quantitative estimate of drug-likeness (QED) is 0.853. The van der Waals surface area contributed by atoms with Gasteiger partial charge in [0.15, 0.2) is 0 Å². The molecule has 1 aromatic rings. The molecule has 0 radical (unpaired) electrons. The van der Waals surface area contributed by atoms with Crippen LogP contribution < -0.4 is 4.31 Å². The summed E-state index contributed by atoms with van der Waals surface area (Å²) in [7, 11) is -3.64. The average Bonchev–Trinajstić information content (AvgIpc) is 2.48. The molecule has 0 aromatic heterocycles. The number of carbonyl (C=O) groups excluding carboxylic acids is 1. The van der Waals surface area contributed by atoms with Crippen LogP contribution in [-0.4, -0.2) is 31.2 Å². The second-order valence-corrected chi connectivity index (χ2v) is 6.00. The van der Waals surface area contributed by atoms with Gasteiger partial charge in [-0.15, -0.1) is 0 Å². The van der Waals surface area contributed by atoms with Crippen molar-refractivity contribution < 1.29 is 23.1 Å². The Morgan fingerprint density at radius 3 is 2.28 bits per heavy atom. The lowest BCUT2D eigenvalue weighted by atomic mass is 10.2. The van der Waals surface area contributed by atoms with Crippen molar-refractivity contribution in [2.45, 2.75) is 6.92 Å². The Balaban J connectivity index is 2.43. The van der Waals surface area contributed by atoms with E-state index in [1.165, 1.54) is 24.3 Å². The first-order valence-corrected chi connectivity index (χ1v) is 6.84. The van der Waals surface area contributed by atoms with Crippen LogP contribution in [0.3, 0.4) is 0 Å². The van der Waals surface area contributed by atoms with E-state index < -0.39 is 27.8 Å². The lowest BCUT2D eigenvalue weighted by Gasteiger charge is -2.15. The molecule has 0 bridgehead atoms. The topological polar surface area (TPSA) is 91.8 Å². The molecule has 96 valence electrons. The summed E-state index contributed by atoms with van der Waals surface area (Å²) < 4.78 is 24.3. The van der Waals surface area contributed by atoms with Crippen molar-refractivity contribution in [3.05, 3.63) is 29.8 Å². The lowest BCUT2D eigenvalue weighted by molar-refractivity contribution is -0.119. The normalized spacial score (nSPS) is 22.2. The fourth-order valence-electron chi connectivity index (χ4n) is 1.83. The number of anilines is 1. The summed E-state index contributed by atoms with van der Waals surface area (Å²) in [4.78, 5) is 22.4. The highest BCUT2D eigenvalue weighted by Crippen LogP contribution is 2.28. The number of benzene rings is 1. The summed E-state index contributed by atoms with van der Waals surface area (Å²) in [5.41, 5.74) is 0.213. The van der Waals surface area contributed by atoms with Gasteiger partial charge in [-0.2, -0.15) is 0 Å². The van der Waals surface area contributed by atoms with Gasteiger partial charge in [0.2, 0.25) is 15.9 Å². The van der Waals surface area contributed by atoms with E-state index in [1.54, 1.807) is 6.92 Å². The molecule has 1 heterocycles. The van der Waals surface area contributed by atoms with Crippen molar-refractivity contribution in [1.29, 1.82) is 0 Å². The molecule has 1 aliphatic heterocycles. The Bertz CT molecular complexity index is 605. The maximum absolute atomic E-state index is 11.8. The summed E-state index contributed by atoms with van der Waals surface area (Å²) in [5, 5.41) is 8.74. The number of amides is 1. The van der Waals surface area contributed by atoms with Crippen LogP contribution in [0.2, 0.25) is 0 Å². The number of hydrogen-bond donors (Lipinski definition) is 1. The number of nitrogens with zero attached hydrogens (tertiary/aromatic N) is 1. The highest BCUT2D eigenvalue weighted by molar-refractivity contribution is 7.94. The lowest BCUT2D eigenvalue weighted by Crippen LogP contribution is -2.30. The monoisotopic (exact) mass is 269 g/mol. The van der Waals surface area contributed by atoms with Gasteiger partial charge in [0, 0.05) is 0 Å². The van der Waals surface area contributed by atoms with Gasteiger partial charge in [0.25, 0.3) is 0 Å². The van der Waals surface area contributed by atoms with Crippen LogP contribution in [0.25, 0.3) is 0 Å². The average molecular weight is 269 g/mol. The molecule has 0 spiro atoms. The van der Waals surface area contributed by atoms with Crippen molar-refractivity contribution in [2.75, 3.05) is 10.1 Å². The summed E-state index contributed by atoms with van der Waals surface area (Å²) in [5.74, 6) is -2.38. The predicted octanol–water partition coefficient (Wildman–Crippen LogP) is 0.697. The number of carboxylic acids is 1. The Kier molecular flexibility index (Phi) is 2.86. The number of carboxylic acid groups (broad SMARTS) is 1. The molecule has 1 amide bonds. The molecule has 1 fully saturated rings. The molecule has 0 aliphatic carbocycles. The smallest absolute Gasteiger partial charge is 0.335 e. The van der Waals surface area contributed by atoms with Crippen LogP contribution in [-0.2, 0) is 14.8 Å². The molecule has 1 aromatic carbocycles. The number of sulfonamides is 1. The molecule has 18 heavy (non-hydrogen) atoms. The van der Waals surface area contributed by atoms with Crippen LogP contribution in [0.15, 0.2) is 24.3 Å². The van der Waals surface area contributed by atoms with E-state index in [0.29, 0.717) is 0 Å². The summed E-state index contributed by atoms with van der Waals surface area (Å²) in [6.45, 7) is 1.55. The van der Waals surface area contributed by atoms with Gasteiger partial charge in [-0.25, -0.2) is 17.5 Å². The molecule has 1 aliphatic rings. The molecule has 1 N–H and O–H groups in total. The maximum atomic E-state index is 11.8. The third-order valence-corrected chi connectivity index (χ3v) is 4.58. The van der Waals surface area contributed by atoms with Gasteiger partial charge in [-0.1, -0.05) is 6.92 Å². The number of hydrogen-bond acceptors (Lipinski definition) is 4. The molecule has 1 unspecified atom stereocenters. The van der Waals surface area contributed by atoms with E-state index in [0.717, 1.165) is 4.31 Å². The fourth-order valence-corrected chi connectivity index (χ4v) is 3.65. The zero-order valence-corrected chi connectivity index (χ0v) is 10.3. The Morgan fingerprint density at radius 1 is 1.33 bits per heavy atom. The van der Waals surface area contributed by atoms with Crippen LogP contribution in [0.1, 0.15) is 17.3 Å². The molecular formula is C11H11NO5S. The highest BCUT2D eigenvalue weighted by atomic mass is 32.2.